The molecule has 0 N–H and O–H groups in total. The summed E-state index contributed by atoms with van der Waals surface area (Å²) in [5.41, 5.74) is 0.736. The Balaban J connectivity index is 0.000000149. The molecule has 78 valence electrons. The first-order valence-corrected chi connectivity index (χ1v) is 5.36. The highest BCUT2D eigenvalue weighted by Gasteiger charge is 2.48. The second-order valence-electron chi connectivity index (χ2n) is 4.11. The summed E-state index contributed by atoms with van der Waals surface area (Å²) in [5.74, 6) is 0. The van der Waals surface area contributed by atoms with E-state index in [1.54, 1.807) is 12.2 Å². The molecule has 1 spiro atoms. The Bertz CT molecular complexity index is 213. The van der Waals surface area contributed by atoms with E-state index in [1.165, 1.54) is 32.2 Å². The van der Waals surface area contributed by atoms with Crippen molar-refractivity contribution in [3.05, 3.63) is 37.5 Å². The molecule has 1 saturated carbocycles. The van der Waals surface area contributed by atoms with E-state index in [9.17, 15) is 0 Å². The fourth-order valence-corrected chi connectivity index (χ4v) is 2.01. The smallest absolute Gasteiger partial charge is 0.0208 e. The number of likely N-dealkylation sites (tertiary alicyclic amines) is 1. The summed E-state index contributed by atoms with van der Waals surface area (Å²) in [6.07, 6.45) is 12.9. The van der Waals surface area contributed by atoms with Gasteiger partial charge in [-0.05, 0) is 39.3 Å². The van der Waals surface area contributed by atoms with Gasteiger partial charge in [0.25, 0.3) is 0 Å². The van der Waals surface area contributed by atoms with Gasteiger partial charge in [-0.2, -0.15) is 0 Å². The molecule has 2 fully saturated rings. The quantitative estimate of drug-likeness (QED) is 0.606. The van der Waals surface area contributed by atoms with Crippen molar-refractivity contribution in [3.63, 3.8) is 0 Å². The summed E-state index contributed by atoms with van der Waals surface area (Å²) in [6, 6.07) is 0. The summed E-state index contributed by atoms with van der Waals surface area (Å²) in [7, 11) is 2.26. The van der Waals surface area contributed by atoms with E-state index >= 15 is 0 Å². The molecular formula is C13H21N. The molecule has 0 amide bonds. The maximum absolute atomic E-state index is 3.46. The zero-order valence-electron chi connectivity index (χ0n) is 9.21. The van der Waals surface area contributed by atoms with E-state index in [2.05, 4.69) is 25.1 Å². The average Bonchev–Trinajstić information content (AvgIpc) is 2.88. The normalized spacial score (nSPS) is 23.2. The van der Waals surface area contributed by atoms with Crippen LogP contribution in [0.2, 0.25) is 0 Å². The Morgan fingerprint density at radius 1 is 1.07 bits per heavy atom. The fraction of sp³-hybridized carbons (Fsp3) is 0.538. The van der Waals surface area contributed by atoms with E-state index in [0.29, 0.717) is 0 Å². The topological polar surface area (TPSA) is 3.24 Å². The van der Waals surface area contributed by atoms with Crippen molar-refractivity contribution in [2.75, 3.05) is 13.6 Å². The number of rotatable bonds is 2. The first-order chi connectivity index (χ1) is 6.75. The van der Waals surface area contributed by atoms with Crippen LogP contribution in [0.15, 0.2) is 37.5 Å². The predicted octanol–water partition coefficient (Wildman–Crippen LogP) is 3.16. The SMILES string of the molecule is C=C/C=C\C=C.CN1CCCC12CC2. The maximum atomic E-state index is 3.46. The Morgan fingerprint density at radius 3 is 1.86 bits per heavy atom. The largest absolute Gasteiger partial charge is 0.301 e. The standard InChI is InChI=1S/C7H13N.C6H8/c1-8-6-2-3-7(8)4-5-7;1-3-5-6-4-2/h2-6H2,1H3;3-6H,1-2H2/b;6-5-. The molecule has 1 aliphatic carbocycles. The molecule has 2 rings (SSSR count). The van der Waals surface area contributed by atoms with Gasteiger partial charge in [0, 0.05) is 5.54 Å². The molecule has 1 heteroatoms. The Kier molecular flexibility index (Phi) is 4.15. The van der Waals surface area contributed by atoms with Gasteiger partial charge in [-0.3, -0.25) is 0 Å². The van der Waals surface area contributed by atoms with Gasteiger partial charge in [0.05, 0.1) is 0 Å². The van der Waals surface area contributed by atoms with Crippen LogP contribution in [0.5, 0.6) is 0 Å². The third-order valence-corrected chi connectivity index (χ3v) is 3.16. The Morgan fingerprint density at radius 2 is 1.64 bits per heavy atom. The first kappa shape index (κ1) is 11.3. The Labute approximate surface area is 87.8 Å². The summed E-state index contributed by atoms with van der Waals surface area (Å²) >= 11 is 0. The molecule has 0 aromatic heterocycles. The minimum atomic E-state index is 0.736. The van der Waals surface area contributed by atoms with Gasteiger partial charge in [-0.25, -0.2) is 0 Å². The third kappa shape index (κ3) is 2.85. The molecule has 0 radical (unpaired) electrons. The van der Waals surface area contributed by atoms with Crippen LogP contribution in [0.4, 0.5) is 0 Å². The van der Waals surface area contributed by atoms with Gasteiger partial charge >= 0.3 is 0 Å². The van der Waals surface area contributed by atoms with Crippen molar-refractivity contribution in [2.24, 2.45) is 0 Å². The van der Waals surface area contributed by atoms with Crippen LogP contribution < -0.4 is 0 Å². The van der Waals surface area contributed by atoms with E-state index in [4.69, 9.17) is 0 Å². The molecule has 0 aromatic carbocycles. The zero-order chi connectivity index (χ0) is 10.4. The molecule has 0 aromatic rings. The van der Waals surface area contributed by atoms with Gasteiger partial charge in [-0.1, -0.05) is 37.5 Å². The van der Waals surface area contributed by atoms with E-state index in [-0.39, 0.29) is 0 Å². The lowest BCUT2D eigenvalue weighted by atomic mass is 10.2. The second-order valence-corrected chi connectivity index (χ2v) is 4.11. The molecular weight excluding hydrogens is 170 g/mol. The number of allylic oxidation sites excluding steroid dienone is 4. The molecule has 0 bridgehead atoms. The van der Waals surface area contributed by atoms with Crippen molar-refractivity contribution in [2.45, 2.75) is 31.2 Å². The van der Waals surface area contributed by atoms with Crippen LogP contribution in [-0.4, -0.2) is 24.0 Å². The number of hydrogen-bond acceptors (Lipinski definition) is 1. The molecule has 1 nitrogen and oxygen atoms in total. The predicted molar refractivity (Wildman–Crippen MR) is 63.4 cm³/mol. The summed E-state index contributed by atoms with van der Waals surface area (Å²) in [4.78, 5) is 2.53. The first-order valence-electron chi connectivity index (χ1n) is 5.36. The van der Waals surface area contributed by atoms with Crippen LogP contribution in [0.3, 0.4) is 0 Å². The van der Waals surface area contributed by atoms with E-state index < -0.39 is 0 Å². The third-order valence-electron chi connectivity index (χ3n) is 3.16. The van der Waals surface area contributed by atoms with Crippen LogP contribution >= 0.6 is 0 Å². The molecule has 2 aliphatic rings. The number of hydrogen-bond donors (Lipinski definition) is 0. The van der Waals surface area contributed by atoms with Crippen LogP contribution in [-0.2, 0) is 0 Å². The minimum absolute atomic E-state index is 0.736. The Hall–Kier alpha value is -0.820. The van der Waals surface area contributed by atoms with E-state index in [1.807, 2.05) is 12.2 Å². The summed E-state index contributed by atoms with van der Waals surface area (Å²) in [6.45, 7) is 8.27. The lowest BCUT2D eigenvalue weighted by Gasteiger charge is -2.16. The fourth-order valence-electron chi connectivity index (χ4n) is 2.01. The highest BCUT2D eigenvalue weighted by Crippen LogP contribution is 2.48. The van der Waals surface area contributed by atoms with Gasteiger partial charge in [0.2, 0.25) is 0 Å². The lowest BCUT2D eigenvalue weighted by Crippen LogP contribution is -2.25. The van der Waals surface area contributed by atoms with Crippen molar-refractivity contribution in [1.29, 1.82) is 0 Å². The monoisotopic (exact) mass is 191 g/mol. The highest BCUT2D eigenvalue weighted by molar-refractivity contribution is 5.06. The summed E-state index contributed by atoms with van der Waals surface area (Å²) in [5, 5.41) is 0. The van der Waals surface area contributed by atoms with Crippen molar-refractivity contribution in [1.82, 2.24) is 4.90 Å². The maximum Gasteiger partial charge on any atom is 0.0208 e. The van der Waals surface area contributed by atoms with Crippen LogP contribution in [0.25, 0.3) is 0 Å². The van der Waals surface area contributed by atoms with Crippen LogP contribution in [0, 0.1) is 0 Å². The average molecular weight is 191 g/mol. The lowest BCUT2D eigenvalue weighted by molar-refractivity contribution is 0.291. The molecule has 0 atom stereocenters. The van der Waals surface area contributed by atoms with Crippen LogP contribution in [0.1, 0.15) is 25.7 Å². The van der Waals surface area contributed by atoms with Gasteiger partial charge in [0.15, 0.2) is 0 Å². The van der Waals surface area contributed by atoms with E-state index in [0.717, 1.165) is 5.54 Å². The highest BCUT2D eigenvalue weighted by atomic mass is 15.2. The minimum Gasteiger partial charge on any atom is -0.301 e. The van der Waals surface area contributed by atoms with Gasteiger partial charge in [-0.15, -0.1) is 0 Å². The van der Waals surface area contributed by atoms with Gasteiger partial charge < -0.3 is 4.90 Å². The molecule has 1 saturated heterocycles. The second kappa shape index (κ2) is 5.16. The van der Waals surface area contributed by atoms with Gasteiger partial charge in [0.1, 0.15) is 0 Å². The zero-order valence-corrected chi connectivity index (χ0v) is 9.21. The summed E-state index contributed by atoms with van der Waals surface area (Å²) < 4.78 is 0. The molecule has 1 heterocycles. The molecule has 1 aliphatic heterocycles. The van der Waals surface area contributed by atoms with Crippen molar-refractivity contribution >= 4 is 0 Å². The molecule has 14 heavy (non-hydrogen) atoms. The molecule has 0 unspecified atom stereocenters. The van der Waals surface area contributed by atoms with Crippen molar-refractivity contribution in [3.8, 4) is 0 Å². The number of nitrogens with zero attached hydrogens (tertiary/aromatic N) is 1. The van der Waals surface area contributed by atoms with Crippen molar-refractivity contribution < 1.29 is 0 Å².